The number of nitrogens with one attached hydrogen (secondary N) is 1. The van der Waals surface area contributed by atoms with Gasteiger partial charge in [-0.05, 0) is 25.7 Å². The van der Waals surface area contributed by atoms with E-state index in [4.69, 9.17) is 0 Å². The highest BCUT2D eigenvalue weighted by Crippen LogP contribution is 2.20. The Morgan fingerprint density at radius 3 is 3.23 bits per heavy atom. The minimum Gasteiger partial charge on any atom is -0.361 e. The monoisotopic (exact) mass is 194 g/mol. The van der Waals surface area contributed by atoms with E-state index in [9.17, 15) is 0 Å². The summed E-state index contributed by atoms with van der Waals surface area (Å²) in [5, 5.41) is 6.36. The summed E-state index contributed by atoms with van der Waals surface area (Å²) < 4.78 is 0. The lowest BCUT2D eigenvalue weighted by molar-refractivity contribution is 0.863. The number of allylic oxidation sites excluding steroid dienone is 1. The number of nitrogens with zero attached hydrogens (tertiary/aromatic N) is 1. The van der Waals surface area contributed by atoms with E-state index in [1.807, 2.05) is 11.6 Å². The van der Waals surface area contributed by atoms with Crippen LogP contribution in [0, 0.1) is 0 Å². The molecular formula is C10H14N2S. The summed E-state index contributed by atoms with van der Waals surface area (Å²) >= 11 is 1.66. The maximum absolute atomic E-state index is 4.17. The van der Waals surface area contributed by atoms with Crippen molar-refractivity contribution < 1.29 is 0 Å². The van der Waals surface area contributed by atoms with Gasteiger partial charge in [0.25, 0.3) is 0 Å². The minimum atomic E-state index is 1.03. The maximum Gasteiger partial charge on any atom is 0.182 e. The summed E-state index contributed by atoms with van der Waals surface area (Å²) in [7, 11) is 0. The zero-order valence-electron chi connectivity index (χ0n) is 7.62. The quantitative estimate of drug-likeness (QED) is 0.745. The van der Waals surface area contributed by atoms with Crippen molar-refractivity contribution in [1.29, 1.82) is 0 Å². The summed E-state index contributed by atoms with van der Waals surface area (Å²) in [6.45, 7) is 1.03. The van der Waals surface area contributed by atoms with Gasteiger partial charge in [0.15, 0.2) is 5.13 Å². The lowest BCUT2D eigenvalue weighted by atomic mass is 10.2. The number of anilines is 1. The van der Waals surface area contributed by atoms with Gasteiger partial charge in [-0.15, -0.1) is 11.3 Å². The Bertz CT molecular complexity index is 277. The van der Waals surface area contributed by atoms with Gasteiger partial charge in [0.2, 0.25) is 0 Å². The van der Waals surface area contributed by atoms with Crippen LogP contribution >= 0.6 is 11.3 Å². The van der Waals surface area contributed by atoms with E-state index < -0.39 is 0 Å². The molecule has 3 heteroatoms. The maximum atomic E-state index is 4.17. The summed E-state index contributed by atoms with van der Waals surface area (Å²) in [6, 6.07) is 0. The number of hydrogen-bond donors (Lipinski definition) is 1. The van der Waals surface area contributed by atoms with E-state index in [0.717, 1.165) is 11.7 Å². The fourth-order valence-corrected chi connectivity index (χ4v) is 2.16. The van der Waals surface area contributed by atoms with Gasteiger partial charge in [-0.1, -0.05) is 11.6 Å². The van der Waals surface area contributed by atoms with Crippen LogP contribution in [-0.4, -0.2) is 11.5 Å². The highest BCUT2D eigenvalue weighted by atomic mass is 32.1. The molecule has 1 heterocycles. The number of aromatic nitrogens is 1. The number of rotatable bonds is 4. The van der Waals surface area contributed by atoms with Crippen molar-refractivity contribution in [2.75, 3.05) is 11.9 Å². The van der Waals surface area contributed by atoms with E-state index in [1.165, 1.54) is 25.7 Å². The summed E-state index contributed by atoms with van der Waals surface area (Å²) in [4.78, 5) is 4.17. The second-order valence-electron chi connectivity index (χ2n) is 3.27. The molecule has 2 nitrogen and oxygen atoms in total. The van der Waals surface area contributed by atoms with Gasteiger partial charge in [0.05, 0.1) is 0 Å². The first-order valence-electron chi connectivity index (χ1n) is 4.76. The molecule has 2 rings (SSSR count). The van der Waals surface area contributed by atoms with Crippen LogP contribution in [0.25, 0.3) is 0 Å². The minimum absolute atomic E-state index is 1.03. The average Bonchev–Trinajstić information content (AvgIpc) is 2.75. The molecule has 0 aromatic carbocycles. The van der Waals surface area contributed by atoms with Crippen molar-refractivity contribution in [2.45, 2.75) is 25.7 Å². The third-order valence-corrected chi connectivity index (χ3v) is 3.02. The molecule has 0 aliphatic heterocycles. The molecule has 1 N–H and O–H groups in total. The molecule has 13 heavy (non-hydrogen) atoms. The molecule has 70 valence electrons. The molecule has 0 fully saturated rings. The molecule has 0 amide bonds. The van der Waals surface area contributed by atoms with Gasteiger partial charge in [0, 0.05) is 18.1 Å². The van der Waals surface area contributed by atoms with E-state index in [0.29, 0.717) is 0 Å². The lowest BCUT2D eigenvalue weighted by Crippen LogP contribution is -2.01. The predicted octanol–water partition coefficient (Wildman–Crippen LogP) is 3.06. The standard InChI is InChI=1S/C10H14N2S/c1-2-4-9(3-1)5-6-11-10-12-7-8-13-10/h3,7-8H,1-2,4-6H2,(H,11,12). The van der Waals surface area contributed by atoms with Crippen molar-refractivity contribution in [3.63, 3.8) is 0 Å². The SMILES string of the molecule is C1=C(CCNc2nccs2)CCC1. The Morgan fingerprint density at radius 2 is 2.54 bits per heavy atom. The van der Waals surface area contributed by atoms with Crippen LogP contribution in [0.5, 0.6) is 0 Å². The van der Waals surface area contributed by atoms with Gasteiger partial charge < -0.3 is 5.32 Å². The summed E-state index contributed by atoms with van der Waals surface area (Å²) in [5.41, 5.74) is 1.61. The Balaban J connectivity index is 1.69. The van der Waals surface area contributed by atoms with E-state index in [-0.39, 0.29) is 0 Å². The first-order valence-corrected chi connectivity index (χ1v) is 5.64. The Labute approximate surface area is 82.7 Å². The second kappa shape index (κ2) is 4.42. The molecule has 1 aliphatic carbocycles. The first-order chi connectivity index (χ1) is 6.45. The third kappa shape index (κ3) is 2.56. The van der Waals surface area contributed by atoms with Crippen LogP contribution in [-0.2, 0) is 0 Å². The van der Waals surface area contributed by atoms with Crippen molar-refractivity contribution in [3.05, 3.63) is 23.2 Å². The second-order valence-corrected chi connectivity index (χ2v) is 4.16. The molecule has 1 aromatic heterocycles. The van der Waals surface area contributed by atoms with Crippen molar-refractivity contribution in [1.82, 2.24) is 4.98 Å². The largest absolute Gasteiger partial charge is 0.361 e. The van der Waals surface area contributed by atoms with Crippen LogP contribution in [0.2, 0.25) is 0 Å². The fraction of sp³-hybridized carbons (Fsp3) is 0.500. The highest BCUT2D eigenvalue weighted by molar-refractivity contribution is 7.13. The molecule has 1 aromatic rings. The Morgan fingerprint density at radius 1 is 1.54 bits per heavy atom. The molecule has 0 saturated carbocycles. The molecule has 0 atom stereocenters. The van der Waals surface area contributed by atoms with Crippen LogP contribution in [0.15, 0.2) is 23.2 Å². The molecule has 0 saturated heterocycles. The van der Waals surface area contributed by atoms with E-state index >= 15 is 0 Å². The zero-order chi connectivity index (χ0) is 8.93. The van der Waals surface area contributed by atoms with Gasteiger partial charge in [-0.25, -0.2) is 4.98 Å². The van der Waals surface area contributed by atoms with Crippen molar-refractivity contribution in [3.8, 4) is 0 Å². The average molecular weight is 194 g/mol. The van der Waals surface area contributed by atoms with Gasteiger partial charge in [-0.3, -0.25) is 0 Å². The van der Waals surface area contributed by atoms with E-state index in [1.54, 1.807) is 16.9 Å². The fourth-order valence-electron chi connectivity index (χ4n) is 1.61. The molecule has 0 spiro atoms. The first kappa shape index (κ1) is 8.75. The summed E-state index contributed by atoms with van der Waals surface area (Å²) in [6.07, 6.45) is 9.34. The van der Waals surface area contributed by atoms with Crippen LogP contribution in [0.3, 0.4) is 0 Å². The normalized spacial score (nSPS) is 15.8. The van der Waals surface area contributed by atoms with E-state index in [2.05, 4.69) is 16.4 Å². The van der Waals surface area contributed by atoms with Crippen molar-refractivity contribution in [2.24, 2.45) is 0 Å². The lowest BCUT2D eigenvalue weighted by Gasteiger charge is -2.02. The predicted molar refractivity (Wildman–Crippen MR) is 57.2 cm³/mol. The Kier molecular flexibility index (Phi) is 2.98. The zero-order valence-corrected chi connectivity index (χ0v) is 8.44. The van der Waals surface area contributed by atoms with Crippen LogP contribution in [0.1, 0.15) is 25.7 Å². The molecular weight excluding hydrogens is 180 g/mol. The number of hydrogen-bond acceptors (Lipinski definition) is 3. The number of thiazole rings is 1. The molecule has 0 radical (unpaired) electrons. The van der Waals surface area contributed by atoms with Crippen molar-refractivity contribution >= 4 is 16.5 Å². The molecule has 0 bridgehead atoms. The van der Waals surface area contributed by atoms with Crippen LogP contribution < -0.4 is 5.32 Å². The van der Waals surface area contributed by atoms with Crippen LogP contribution in [0.4, 0.5) is 5.13 Å². The van der Waals surface area contributed by atoms with Gasteiger partial charge >= 0.3 is 0 Å². The molecule has 0 unspecified atom stereocenters. The Hall–Kier alpha value is -0.830. The molecule has 1 aliphatic rings. The third-order valence-electron chi connectivity index (χ3n) is 2.29. The highest BCUT2D eigenvalue weighted by Gasteiger charge is 2.03. The van der Waals surface area contributed by atoms with Gasteiger partial charge in [-0.2, -0.15) is 0 Å². The topological polar surface area (TPSA) is 24.9 Å². The summed E-state index contributed by atoms with van der Waals surface area (Å²) in [5.74, 6) is 0. The smallest absolute Gasteiger partial charge is 0.182 e. The van der Waals surface area contributed by atoms with Gasteiger partial charge in [0.1, 0.15) is 0 Å².